The third-order valence-electron chi connectivity index (χ3n) is 3.47. The summed E-state index contributed by atoms with van der Waals surface area (Å²) in [7, 11) is -2.61. The molecule has 0 saturated heterocycles. The molecule has 0 unspecified atom stereocenters. The van der Waals surface area contributed by atoms with Crippen molar-refractivity contribution in [1.82, 2.24) is 4.72 Å². The second kappa shape index (κ2) is 7.53. The Morgan fingerprint density at radius 2 is 1.88 bits per heavy atom. The molecule has 0 aromatic heterocycles. The fourth-order valence-electron chi connectivity index (χ4n) is 2.15. The summed E-state index contributed by atoms with van der Waals surface area (Å²) in [6.45, 7) is 0.140. The van der Waals surface area contributed by atoms with Crippen molar-refractivity contribution in [3.05, 3.63) is 63.7 Å². The zero-order valence-corrected chi connectivity index (χ0v) is 13.9. The lowest BCUT2D eigenvalue weighted by atomic mass is 10.1. The molecule has 10 heteroatoms. The van der Waals surface area contributed by atoms with Crippen LogP contribution in [0.1, 0.15) is 5.56 Å². The summed E-state index contributed by atoms with van der Waals surface area (Å²) in [5, 5.41) is 13.9. The summed E-state index contributed by atoms with van der Waals surface area (Å²) in [4.78, 5) is 10.2. The van der Waals surface area contributed by atoms with Gasteiger partial charge in [-0.25, -0.2) is 21.9 Å². The van der Waals surface area contributed by atoms with E-state index in [4.69, 9.17) is 0 Å². The van der Waals surface area contributed by atoms with Crippen molar-refractivity contribution in [1.29, 1.82) is 0 Å². The first kappa shape index (κ1) is 18.7. The first-order valence-electron chi connectivity index (χ1n) is 7.14. The highest BCUT2D eigenvalue weighted by atomic mass is 32.2. The van der Waals surface area contributed by atoms with Gasteiger partial charge in [-0.1, -0.05) is 6.07 Å². The Kier molecular flexibility index (Phi) is 5.65. The van der Waals surface area contributed by atoms with Gasteiger partial charge in [0.05, 0.1) is 9.82 Å². The number of anilines is 1. The fraction of sp³-hybridized carbons (Fsp3) is 0.200. The maximum absolute atomic E-state index is 13.6. The van der Waals surface area contributed by atoms with Gasteiger partial charge in [-0.3, -0.25) is 10.1 Å². The van der Waals surface area contributed by atoms with E-state index in [9.17, 15) is 27.3 Å². The van der Waals surface area contributed by atoms with Crippen LogP contribution in [0.15, 0.2) is 41.3 Å². The molecule has 25 heavy (non-hydrogen) atoms. The van der Waals surface area contributed by atoms with E-state index in [1.165, 1.54) is 25.2 Å². The third-order valence-corrected chi connectivity index (χ3v) is 4.88. The molecule has 0 bridgehead atoms. The van der Waals surface area contributed by atoms with Gasteiger partial charge >= 0.3 is 0 Å². The van der Waals surface area contributed by atoms with Crippen molar-refractivity contribution in [2.75, 3.05) is 18.9 Å². The highest BCUT2D eigenvalue weighted by molar-refractivity contribution is 7.89. The number of sulfonamides is 1. The van der Waals surface area contributed by atoms with Gasteiger partial charge in [-0.2, -0.15) is 0 Å². The third kappa shape index (κ3) is 4.48. The molecule has 2 aromatic rings. The molecular formula is C15H15F2N3O4S. The summed E-state index contributed by atoms with van der Waals surface area (Å²) < 4.78 is 51.9. The summed E-state index contributed by atoms with van der Waals surface area (Å²) >= 11 is 0. The smallest absolute Gasteiger partial charge is 0.293 e. The monoisotopic (exact) mass is 371 g/mol. The van der Waals surface area contributed by atoms with Crippen LogP contribution in [-0.4, -0.2) is 26.9 Å². The minimum Gasteiger partial charge on any atom is -0.379 e. The van der Waals surface area contributed by atoms with Crippen LogP contribution in [0, 0.1) is 21.7 Å². The number of hydrogen-bond acceptors (Lipinski definition) is 5. The van der Waals surface area contributed by atoms with Crippen molar-refractivity contribution in [2.45, 2.75) is 11.3 Å². The first-order chi connectivity index (χ1) is 11.7. The summed E-state index contributed by atoms with van der Waals surface area (Å²) in [6, 6.07) is 6.60. The molecule has 2 aromatic carbocycles. The largest absolute Gasteiger partial charge is 0.379 e. The van der Waals surface area contributed by atoms with Gasteiger partial charge < -0.3 is 5.32 Å². The molecule has 134 valence electrons. The van der Waals surface area contributed by atoms with Gasteiger partial charge in [0.1, 0.15) is 17.3 Å². The van der Waals surface area contributed by atoms with Gasteiger partial charge in [0.2, 0.25) is 10.0 Å². The molecule has 2 N–H and O–H groups in total. The highest BCUT2D eigenvalue weighted by Crippen LogP contribution is 2.27. The van der Waals surface area contributed by atoms with Crippen molar-refractivity contribution in [3.63, 3.8) is 0 Å². The standard InChI is InChI=1S/C15H15F2N3O4S/c1-18-25(23,24)12-4-5-14(15(9-12)20(21)22)19-7-6-10-2-3-11(16)8-13(10)17/h2-5,8-9,18-19H,6-7H2,1H3. The van der Waals surface area contributed by atoms with Crippen LogP contribution in [0.5, 0.6) is 0 Å². The van der Waals surface area contributed by atoms with Crippen molar-refractivity contribution >= 4 is 21.4 Å². The van der Waals surface area contributed by atoms with Gasteiger partial charge in [0, 0.05) is 18.7 Å². The minimum absolute atomic E-state index is 0.0996. The Hall–Kier alpha value is -2.59. The molecule has 0 saturated carbocycles. The number of benzene rings is 2. The predicted molar refractivity (Wildman–Crippen MR) is 87.9 cm³/mol. The van der Waals surface area contributed by atoms with Gasteiger partial charge in [-0.15, -0.1) is 0 Å². The molecular weight excluding hydrogens is 356 g/mol. The molecule has 0 radical (unpaired) electrons. The first-order valence-corrected chi connectivity index (χ1v) is 8.62. The highest BCUT2D eigenvalue weighted by Gasteiger charge is 2.20. The van der Waals surface area contributed by atoms with E-state index in [1.807, 2.05) is 0 Å². The Balaban J connectivity index is 2.17. The molecule has 0 aliphatic carbocycles. The van der Waals surface area contributed by atoms with Gasteiger partial charge in [-0.05, 0) is 37.2 Å². The van der Waals surface area contributed by atoms with Crippen molar-refractivity contribution in [2.24, 2.45) is 0 Å². The van der Waals surface area contributed by atoms with Crippen LogP contribution in [0.2, 0.25) is 0 Å². The van der Waals surface area contributed by atoms with Crippen LogP contribution in [0.3, 0.4) is 0 Å². The molecule has 0 fully saturated rings. The van der Waals surface area contributed by atoms with Crippen LogP contribution in [0.25, 0.3) is 0 Å². The molecule has 0 aliphatic heterocycles. The van der Waals surface area contributed by atoms with E-state index in [-0.39, 0.29) is 29.1 Å². The molecule has 0 spiro atoms. The number of nitro benzene ring substituents is 1. The molecule has 0 amide bonds. The van der Waals surface area contributed by atoms with Crippen molar-refractivity contribution < 1.29 is 22.1 Å². The van der Waals surface area contributed by atoms with Crippen LogP contribution < -0.4 is 10.0 Å². The lowest BCUT2D eigenvalue weighted by molar-refractivity contribution is -0.384. The molecule has 0 aliphatic rings. The number of halogens is 2. The van der Waals surface area contributed by atoms with E-state index in [0.717, 1.165) is 18.2 Å². The predicted octanol–water partition coefficient (Wildman–Crippen LogP) is 2.44. The minimum atomic E-state index is -3.81. The topological polar surface area (TPSA) is 101 Å². The van der Waals surface area contributed by atoms with Crippen LogP contribution in [0.4, 0.5) is 20.2 Å². The number of rotatable bonds is 7. The van der Waals surface area contributed by atoms with Gasteiger partial charge in [0.15, 0.2) is 0 Å². The summed E-state index contributed by atoms with van der Waals surface area (Å²) in [6.07, 6.45) is 0.167. The lowest BCUT2D eigenvalue weighted by Crippen LogP contribution is -2.19. The Bertz CT molecular complexity index is 904. The van der Waals surface area contributed by atoms with E-state index in [1.54, 1.807) is 0 Å². The summed E-state index contributed by atoms with van der Waals surface area (Å²) in [5.74, 6) is -1.39. The Morgan fingerprint density at radius 3 is 2.48 bits per heavy atom. The maximum Gasteiger partial charge on any atom is 0.293 e. The van der Waals surface area contributed by atoms with E-state index in [0.29, 0.717) is 0 Å². The number of nitrogens with one attached hydrogen (secondary N) is 2. The van der Waals surface area contributed by atoms with E-state index in [2.05, 4.69) is 10.0 Å². The Labute approximate surface area is 142 Å². The quantitative estimate of drug-likeness (QED) is 0.575. The number of nitro groups is 1. The molecule has 2 rings (SSSR count). The average Bonchev–Trinajstić information content (AvgIpc) is 2.56. The second-order valence-electron chi connectivity index (χ2n) is 5.06. The molecule has 7 nitrogen and oxygen atoms in total. The van der Waals surface area contributed by atoms with Gasteiger partial charge in [0.25, 0.3) is 5.69 Å². The Morgan fingerprint density at radius 1 is 1.16 bits per heavy atom. The fourth-order valence-corrected chi connectivity index (χ4v) is 2.90. The zero-order chi connectivity index (χ0) is 18.6. The number of hydrogen-bond donors (Lipinski definition) is 2. The lowest BCUT2D eigenvalue weighted by Gasteiger charge is -2.09. The molecule has 0 atom stereocenters. The second-order valence-corrected chi connectivity index (χ2v) is 6.94. The maximum atomic E-state index is 13.6. The van der Waals surface area contributed by atoms with Crippen LogP contribution in [-0.2, 0) is 16.4 Å². The van der Waals surface area contributed by atoms with E-state index >= 15 is 0 Å². The molecule has 0 heterocycles. The van der Waals surface area contributed by atoms with Crippen molar-refractivity contribution in [3.8, 4) is 0 Å². The zero-order valence-electron chi connectivity index (χ0n) is 13.1. The van der Waals surface area contributed by atoms with Crippen LogP contribution >= 0.6 is 0 Å². The normalized spacial score (nSPS) is 11.3. The SMILES string of the molecule is CNS(=O)(=O)c1ccc(NCCc2ccc(F)cc2F)c([N+](=O)[O-])c1. The summed E-state index contributed by atoms with van der Waals surface area (Å²) in [5.41, 5.74) is -0.0654. The average molecular weight is 371 g/mol. The number of nitrogens with zero attached hydrogens (tertiary/aromatic N) is 1. The van der Waals surface area contributed by atoms with E-state index < -0.39 is 32.3 Å².